The highest BCUT2D eigenvalue weighted by Gasteiger charge is 2.11. The number of nitro benzene ring substituents is 2. The Morgan fingerprint density at radius 3 is 1.27 bits per heavy atom. The van der Waals surface area contributed by atoms with E-state index in [-0.39, 0.29) is 22.9 Å². The van der Waals surface area contributed by atoms with Crippen LogP contribution in [0.25, 0.3) is 0 Å². The number of rotatable bonds is 4. The van der Waals surface area contributed by atoms with Gasteiger partial charge in [-0.15, -0.1) is 0 Å². The molecule has 0 spiro atoms. The molecule has 0 N–H and O–H groups in total. The van der Waals surface area contributed by atoms with Crippen molar-refractivity contribution in [1.82, 2.24) is 0 Å². The molecule has 0 bridgehead atoms. The minimum Gasteiger partial charge on any atom is -0.490 e. The molecule has 2 aromatic rings. The number of hydrogen-bond acceptors (Lipinski definition) is 6. The summed E-state index contributed by atoms with van der Waals surface area (Å²) in [5.74, 6) is 0.579. The number of para-hydroxylation sites is 4. The summed E-state index contributed by atoms with van der Waals surface area (Å²) in [7, 11) is 2.81. The van der Waals surface area contributed by atoms with Gasteiger partial charge in [0.15, 0.2) is 11.5 Å². The molecule has 116 valence electrons. The SMILES string of the molecule is COc1ccccc1[N+](=O)[O-].COc1ccccc1[N+](=O)[O-]. The summed E-state index contributed by atoms with van der Waals surface area (Å²) in [6.45, 7) is 0. The zero-order valence-electron chi connectivity index (χ0n) is 12.0. The van der Waals surface area contributed by atoms with Crippen LogP contribution in [0.3, 0.4) is 0 Å². The summed E-state index contributed by atoms with van der Waals surface area (Å²) in [6.07, 6.45) is 0. The second-order valence-corrected chi connectivity index (χ2v) is 3.86. The summed E-state index contributed by atoms with van der Waals surface area (Å²) in [5, 5.41) is 20.6. The van der Waals surface area contributed by atoms with Crippen LogP contribution in [-0.2, 0) is 0 Å². The quantitative estimate of drug-likeness (QED) is 0.634. The molecule has 0 atom stereocenters. The Morgan fingerprint density at radius 2 is 1.05 bits per heavy atom. The lowest BCUT2D eigenvalue weighted by atomic mass is 10.3. The Balaban J connectivity index is 0.000000220. The number of hydrogen-bond donors (Lipinski definition) is 0. The number of nitrogens with zero attached hydrogens (tertiary/aromatic N) is 2. The van der Waals surface area contributed by atoms with Crippen LogP contribution in [0, 0.1) is 20.2 Å². The van der Waals surface area contributed by atoms with E-state index in [0.717, 1.165) is 0 Å². The van der Waals surface area contributed by atoms with Gasteiger partial charge in [0.25, 0.3) is 0 Å². The molecule has 2 aromatic carbocycles. The Morgan fingerprint density at radius 1 is 0.727 bits per heavy atom. The summed E-state index contributed by atoms with van der Waals surface area (Å²) < 4.78 is 9.53. The number of methoxy groups -OCH3 is 2. The van der Waals surface area contributed by atoms with Crippen LogP contribution < -0.4 is 9.47 Å². The predicted octanol–water partition coefficient (Wildman–Crippen LogP) is 3.21. The molecule has 2 rings (SSSR count). The third-order valence-corrected chi connectivity index (χ3v) is 2.56. The summed E-state index contributed by atoms with van der Waals surface area (Å²) in [6, 6.07) is 12.5. The lowest BCUT2D eigenvalue weighted by Crippen LogP contribution is -1.92. The normalized spacial score (nSPS) is 9.18. The number of benzene rings is 2. The zero-order chi connectivity index (χ0) is 16.5. The van der Waals surface area contributed by atoms with Crippen LogP contribution in [0.1, 0.15) is 0 Å². The fourth-order valence-corrected chi connectivity index (χ4v) is 1.56. The van der Waals surface area contributed by atoms with Crippen LogP contribution in [0.2, 0.25) is 0 Å². The first-order valence-electron chi connectivity index (χ1n) is 6.06. The lowest BCUT2D eigenvalue weighted by Gasteiger charge is -1.98. The van der Waals surface area contributed by atoms with Gasteiger partial charge in [-0.3, -0.25) is 20.2 Å². The molecule has 0 fully saturated rings. The fraction of sp³-hybridized carbons (Fsp3) is 0.143. The first kappa shape index (κ1) is 16.9. The van der Waals surface area contributed by atoms with Gasteiger partial charge in [0.05, 0.1) is 24.1 Å². The fourth-order valence-electron chi connectivity index (χ4n) is 1.56. The minimum absolute atomic E-state index is 0.00463. The lowest BCUT2D eigenvalue weighted by molar-refractivity contribution is -0.385. The topological polar surface area (TPSA) is 105 Å². The van der Waals surface area contributed by atoms with Gasteiger partial charge in [-0.2, -0.15) is 0 Å². The molecular formula is C14H14N2O6. The maximum atomic E-state index is 10.3. The van der Waals surface area contributed by atoms with Gasteiger partial charge in [-0.05, 0) is 12.1 Å². The predicted molar refractivity (Wildman–Crippen MR) is 79.3 cm³/mol. The van der Waals surface area contributed by atoms with E-state index in [1.807, 2.05) is 0 Å². The minimum atomic E-state index is -0.473. The van der Waals surface area contributed by atoms with E-state index in [9.17, 15) is 20.2 Å². The molecule has 0 saturated carbocycles. The largest absolute Gasteiger partial charge is 0.490 e. The van der Waals surface area contributed by atoms with Crippen molar-refractivity contribution in [3.8, 4) is 11.5 Å². The van der Waals surface area contributed by atoms with Gasteiger partial charge in [-0.1, -0.05) is 24.3 Å². The summed E-state index contributed by atoms with van der Waals surface area (Å²) in [4.78, 5) is 19.7. The third-order valence-electron chi connectivity index (χ3n) is 2.56. The molecule has 0 radical (unpaired) electrons. The van der Waals surface area contributed by atoms with Crippen LogP contribution in [0.4, 0.5) is 11.4 Å². The van der Waals surface area contributed by atoms with Gasteiger partial charge in [-0.25, -0.2) is 0 Å². The maximum absolute atomic E-state index is 10.3. The van der Waals surface area contributed by atoms with Crippen LogP contribution in [0.5, 0.6) is 11.5 Å². The van der Waals surface area contributed by atoms with E-state index >= 15 is 0 Å². The smallest absolute Gasteiger partial charge is 0.310 e. The van der Waals surface area contributed by atoms with Crippen molar-refractivity contribution < 1.29 is 19.3 Å². The molecule has 22 heavy (non-hydrogen) atoms. The number of nitro groups is 2. The molecular weight excluding hydrogens is 292 g/mol. The van der Waals surface area contributed by atoms with E-state index in [0.29, 0.717) is 0 Å². The Labute approximate surface area is 126 Å². The molecule has 8 heteroatoms. The van der Waals surface area contributed by atoms with Crippen molar-refractivity contribution >= 4 is 11.4 Å². The Bertz CT molecular complexity index is 602. The van der Waals surface area contributed by atoms with Crippen molar-refractivity contribution in [2.45, 2.75) is 0 Å². The molecule has 0 aliphatic carbocycles. The summed E-state index contributed by atoms with van der Waals surface area (Å²) in [5.41, 5.74) is -0.00926. The van der Waals surface area contributed by atoms with Crippen molar-refractivity contribution in [1.29, 1.82) is 0 Å². The first-order valence-corrected chi connectivity index (χ1v) is 6.06. The highest BCUT2D eigenvalue weighted by atomic mass is 16.6. The molecule has 0 aromatic heterocycles. The van der Waals surface area contributed by atoms with E-state index < -0.39 is 9.85 Å². The van der Waals surface area contributed by atoms with Crippen molar-refractivity contribution in [3.63, 3.8) is 0 Å². The zero-order valence-corrected chi connectivity index (χ0v) is 12.0. The molecule has 0 heterocycles. The van der Waals surface area contributed by atoms with Crippen LogP contribution >= 0.6 is 0 Å². The van der Waals surface area contributed by atoms with E-state index in [1.54, 1.807) is 36.4 Å². The molecule has 0 aliphatic heterocycles. The van der Waals surface area contributed by atoms with E-state index in [1.165, 1.54) is 26.4 Å². The first-order chi connectivity index (χ1) is 10.5. The second-order valence-electron chi connectivity index (χ2n) is 3.86. The number of ether oxygens (including phenoxy) is 2. The molecule has 0 saturated heterocycles. The van der Waals surface area contributed by atoms with Gasteiger partial charge in [0.2, 0.25) is 0 Å². The molecule has 0 unspecified atom stereocenters. The van der Waals surface area contributed by atoms with Gasteiger partial charge in [0.1, 0.15) is 0 Å². The molecule has 0 amide bonds. The van der Waals surface area contributed by atoms with Gasteiger partial charge in [0, 0.05) is 12.1 Å². The Kier molecular flexibility index (Phi) is 6.30. The van der Waals surface area contributed by atoms with Crippen LogP contribution in [-0.4, -0.2) is 24.1 Å². The maximum Gasteiger partial charge on any atom is 0.310 e. The third kappa shape index (κ3) is 4.44. The van der Waals surface area contributed by atoms with Crippen molar-refractivity contribution in [2.24, 2.45) is 0 Å². The summed E-state index contributed by atoms with van der Waals surface area (Å²) >= 11 is 0. The van der Waals surface area contributed by atoms with Crippen molar-refractivity contribution in [3.05, 3.63) is 68.8 Å². The van der Waals surface area contributed by atoms with E-state index in [4.69, 9.17) is 9.47 Å². The average molecular weight is 306 g/mol. The van der Waals surface area contributed by atoms with E-state index in [2.05, 4.69) is 0 Å². The second kappa shape index (κ2) is 8.20. The highest BCUT2D eigenvalue weighted by Crippen LogP contribution is 2.25. The Hall–Kier alpha value is -3.16. The molecule has 8 nitrogen and oxygen atoms in total. The van der Waals surface area contributed by atoms with Gasteiger partial charge >= 0.3 is 11.4 Å². The monoisotopic (exact) mass is 306 g/mol. The molecule has 0 aliphatic rings. The van der Waals surface area contributed by atoms with Gasteiger partial charge < -0.3 is 9.47 Å². The van der Waals surface area contributed by atoms with Crippen LogP contribution in [0.15, 0.2) is 48.5 Å². The average Bonchev–Trinajstić information content (AvgIpc) is 2.55. The highest BCUT2D eigenvalue weighted by molar-refractivity contribution is 5.46. The standard InChI is InChI=1S/2C7H7NO3/c2*1-11-7-5-3-2-4-6(7)8(9)10/h2*2-5H,1H3. The van der Waals surface area contributed by atoms with Crippen molar-refractivity contribution in [2.75, 3.05) is 14.2 Å².